The van der Waals surface area contributed by atoms with Gasteiger partial charge in [-0.2, -0.15) is 0 Å². The number of hydrogen-bond donors (Lipinski definition) is 1. The van der Waals surface area contributed by atoms with Crippen LogP contribution in [0.3, 0.4) is 0 Å². The SMILES string of the molecule is C=CCN(CCC)C(=O)[C@@H]1[C@H]2C(=O)N([C@H](CO)c3ccccc3)C(C(=O)N(CC=C)c3ccccc3Cl)C23CC[C@@]1(C)S3. The summed E-state index contributed by atoms with van der Waals surface area (Å²) in [4.78, 5) is 49.1. The van der Waals surface area contributed by atoms with E-state index in [1.807, 2.05) is 43.3 Å². The van der Waals surface area contributed by atoms with Gasteiger partial charge in [-0.3, -0.25) is 14.4 Å². The highest BCUT2D eigenvalue weighted by Crippen LogP contribution is 2.72. The van der Waals surface area contributed by atoms with Crippen molar-refractivity contribution in [1.29, 1.82) is 0 Å². The van der Waals surface area contributed by atoms with E-state index in [9.17, 15) is 19.5 Å². The summed E-state index contributed by atoms with van der Waals surface area (Å²) in [5.74, 6) is -1.94. The lowest BCUT2D eigenvalue weighted by atomic mass is 9.66. The molecule has 9 heteroatoms. The number of para-hydroxylation sites is 1. The number of anilines is 1. The summed E-state index contributed by atoms with van der Waals surface area (Å²) in [7, 11) is 0. The van der Waals surface area contributed by atoms with Gasteiger partial charge in [0.25, 0.3) is 5.91 Å². The second kappa shape index (κ2) is 12.5. The molecule has 1 N–H and O–H groups in total. The highest BCUT2D eigenvalue weighted by atomic mass is 35.5. The Hall–Kier alpha value is -3.07. The molecule has 43 heavy (non-hydrogen) atoms. The van der Waals surface area contributed by atoms with Crippen molar-refractivity contribution in [3.8, 4) is 0 Å². The molecule has 3 saturated heterocycles. The first-order chi connectivity index (χ1) is 20.7. The molecule has 2 aromatic carbocycles. The Kier molecular flexibility index (Phi) is 9.12. The van der Waals surface area contributed by atoms with Gasteiger partial charge in [0.2, 0.25) is 11.8 Å². The maximum atomic E-state index is 15.0. The number of carbonyl (C=O) groups excluding carboxylic acids is 3. The molecule has 6 atom stereocenters. The summed E-state index contributed by atoms with van der Waals surface area (Å²) in [6.07, 6.45) is 5.44. The Bertz CT molecular complexity index is 1410. The van der Waals surface area contributed by atoms with Gasteiger partial charge < -0.3 is 19.8 Å². The molecule has 3 fully saturated rings. The summed E-state index contributed by atoms with van der Waals surface area (Å²) in [6.45, 7) is 12.6. The smallest absolute Gasteiger partial charge is 0.251 e. The predicted molar refractivity (Wildman–Crippen MR) is 173 cm³/mol. The van der Waals surface area contributed by atoms with Gasteiger partial charge in [-0.1, -0.05) is 73.1 Å². The number of aliphatic hydroxyl groups excluding tert-OH is 1. The van der Waals surface area contributed by atoms with Gasteiger partial charge in [0, 0.05) is 24.4 Å². The normalized spacial score (nSPS) is 28.0. The highest BCUT2D eigenvalue weighted by Gasteiger charge is 2.78. The number of benzene rings is 2. The molecule has 2 unspecified atom stereocenters. The Labute approximate surface area is 263 Å². The van der Waals surface area contributed by atoms with E-state index >= 15 is 0 Å². The number of fused-ring (bicyclic) bond motifs is 1. The van der Waals surface area contributed by atoms with E-state index in [1.54, 1.807) is 56.8 Å². The molecule has 7 nitrogen and oxygen atoms in total. The number of nitrogens with zero attached hydrogens (tertiary/aromatic N) is 3. The molecule has 3 amide bonds. The number of hydrogen-bond acceptors (Lipinski definition) is 5. The van der Waals surface area contributed by atoms with Crippen molar-refractivity contribution in [2.75, 3.05) is 31.1 Å². The second-order valence-corrected chi connectivity index (χ2v) is 14.1. The Balaban J connectivity index is 1.68. The topological polar surface area (TPSA) is 81.2 Å². The monoisotopic (exact) mass is 621 g/mol. The fourth-order valence-electron chi connectivity index (χ4n) is 7.55. The number of likely N-dealkylation sites (tertiary alicyclic amines) is 1. The Morgan fingerprint density at radius 1 is 1.09 bits per heavy atom. The molecule has 5 rings (SSSR count). The summed E-state index contributed by atoms with van der Waals surface area (Å²) in [5, 5.41) is 11.2. The van der Waals surface area contributed by atoms with Crippen molar-refractivity contribution in [2.24, 2.45) is 11.8 Å². The lowest BCUT2D eigenvalue weighted by Gasteiger charge is -2.40. The summed E-state index contributed by atoms with van der Waals surface area (Å²) in [6, 6.07) is 14.7. The lowest BCUT2D eigenvalue weighted by Crippen LogP contribution is -2.56. The molecular weight excluding hydrogens is 582 g/mol. The van der Waals surface area contributed by atoms with Crippen LogP contribution >= 0.6 is 23.4 Å². The lowest BCUT2D eigenvalue weighted by molar-refractivity contribution is -0.146. The summed E-state index contributed by atoms with van der Waals surface area (Å²) >= 11 is 8.23. The zero-order valence-electron chi connectivity index (χ0n) is 24.8. The Morgan fingerprint density at radius 2 is 1.77 bits per heavy atom. The number of rotatable bonds is 12. The van der Waals surface area contributed by atoms with Crippen molar-refractivity contribution in [3.05, 3.63) is 90.5 Å². The minimum Gasteiger partial charge on any atom is -0.394 e. The molecule has 2 bridgehead atoms. The fraction of sp³-hybridized carbons (Fsp3) is 0.441. The van der Waals surface area contributed by atoms with E-state index in [4.69, 9.17) is 11.6 Å². The molecule has 0 saturated carbocycles. The van der Waals surface area contributed by atoms with Crippen molar-refractivity contribution in [1.82, 2.24) is 9.80 Å². The number of thioether (sulfide) groups is 1. The molecule has 228 valence electrons. The van der Waals surface area contributed by atoms with Gasteiger partial charge in [0.1, 0.15) is 6.04 Å². The quantitative estimate of drug-likeness (QED) is 0.317. The van der Waals surface area contributed by atoms with Crippen molar-refractivity contribution in [2.45, 2.75) is 54.7 Å². The molecular formula is C34H40ClN3O4S. The van der Waals surface area contributed by atoms with Crippen LogP contribution in [0.2, 0.25) is 5.02 Å². The number of carbonyl (C=O) groups is 3. The van der Waals surface area contributed by atoms with E-state index in [0.717, 1.165) is 12.0 Å². The highest BCUT2D eigenvalue weighted by molar-refractivity contribution is 8.02. The third-order valence-corrected chi connectivity index (χ3v) is 11.6. The molecule has 0 radical (unpaired) electrons. The van der Waals surface area contributed by atoms with E-state index < -0.39 is 33.4 Å². The van der Waals surface area contributed by atoms with E-state index in [1.165, 1.54) is 0 Å². The van der Waals surface area contributed by atoms with Crippen molar-refractivity contribution < 1.29 is 19.5 Å². The minimum absolute atomic E-state index is 0.0703. The average Bonchev–Trinajstić information content (AvgIpc) is 3.57. The molecule has 1 spiro atoms. The molecule has 3 aliphatic heterocycles. The van der Waals surface area contributed by atoms with Gasteiger partial charge in [-0.05, 0) is 43.9 Å². The summed E-state index contributed by atoms with van der Waals surface area (Å²) in [5.41, 5.74) is 1.26. The first-order valence-electron chi connectivity index (χ1n) is 14.9. The van der Waals surface area contributed by atoms with Crippen molar-refractivity contribution >= 4 is 46.8 Å². The minimum atomic E-state index is -0.928. The van der Waals surface area contributed by atoms with Crippen LogP contribution in [0.15, 0.2) is 79.9 Å². The van der Waals surface area contributed by atoms with Crippen molar-refractivity contribution in [3.63, 3.8) is 0 Å². The first-order valence-corrected chi connectivity index (χ1v) is 16.1. The van der Waals surface area contributed by atoms with Crippen LogP contribution in [0.5, 0.6) is 0 Å². The van der Waals surface area contributed by atoms with Gasteiger partial charge >= 0.3 is 0 Å². The van der Waals surface area contributed by atoms with Crippen LogP contribution in [0.4, 0.5) is 5.69 Å². The zero-order valence-corrected chi connectivity index (χ0v) is 26.4. The maximum Gasteiger partial charge on any atom is 0.251 e. The van der Waals surface area contributed by atoms with Crippen LogP contribution in [0.25, 0.3) is 0 Å². The summed E-state index contributed by atoms with van der Waals surface area (Å²) < 4.78 is -1.36. The van der Waals surface area contributed by atoms with E-state index in [-0.39, 0.29) is 30.9 Å². The maximum absolute atomic E-state index is 15.0. The largest absolute Gasteiger partial charge is 0.394 e. The average molecular weight is 622 g/mol. The molecule has 2 aromatic rings. The van der Waals surface area contributed by atoms with Gasteiger partial charge in [-0.25, -0.2) is 0 Å². The second-order valence-electron chi connectivity index (χ2n) is 11.8. The zero-order chi connectivity index (χ0) is 30.9. The number of amides is 3. The van der Waals surface area contributed by atoms with E-state index in [0.29, 0.717) is 36.6 Å². The van der Waals surface area contributed by atoms with Gasteiger partial charge in [0.05, 0.1) is 39.9 Å². The van der Waals surface area contributed by atoms with Crippen LogP contribution in [0, 0.1) is 11.8 Å². The van der Waals surface area contributed by atoms with Gasteiger partial charge in [-0.15, -0.1) is 24.9 Å². The van der Waals surface area contributed by atoms with Gasteiger partial charge in [0.15, 0.2) is 0 Å². The first kappa shape index (κ1) is 31.4. The standard InChI is InChI=1S/C34H40ClN3O4S/c1-5-19-36(20-6-2)30(40)27-28-31(41)38(26(22-39)23-13-9-8-10-14-23)29(34(28)18-17-33(27,4)43-34)32(42)37(21-7-3)25-16-12-11-15-24(25)35/h5,7-16,26-29,39H,1,3,6,17-22H2,2,4H3/t26-,27+,28+,29?,33-,34?/m1/s1. The van der Waals surface area contributed by atoms with E-state index in [2.05, 4.69) is 20.1 Å². The molecule has 0 aromatic heterocycles. The molecule has 3 aliphatic rings. The Morgan fingerprint density at radius 3 is 2.40 bits per heavy atom. The molecule has 0 aliphatic carbocycles. The van der Waals surface area contributed by atoms with Crippen LogP contribution in [-0.2, 0) is 14.4 Å². The third kappa shape index (κ3) is 5.11. The van der Waals surface area contributed by atoms with Crippen LogP contribution < -0.4 is 4.90 Å². The fourth-order valence-corrected chi connectivity index (χ4v) is 10.1. The predicted octanol–water partition coefficient (Wildman–Crippen LogP) is 5.50. The number of halogens is 1. The number of aliphatic hydroxyl groups is 1. The van der Waals surface area contributed by atoms with Crippen LogP contribution in [0.1, 0.15) is 44.7 Å². The van der Waals surface area contributed by atoms with Crippen LogP contribution in [-0.4, -0.2) is 74.4 Å². The third-order valence-electron chi connectivity index (χ3n) is 9.28. The molecule has 3 heterocycles.